The Morgan fingerprint density at radius 3 is 2.43 bits per heavy atom. The molecule has 6 nitrogen and oxygen atoms in total. The Balaban J connectivity index is 2.44. The van der Waals surface area contributed by atoms with Crippen LogP contribution in [0.5, 0.6) is 0 Å². The maximum atomic E-state index is 12.2. The second-order valence-electron chi connectivity index (χ2n) is 4.33. The van der Waals surface area contributed by atoms with Crippen molar-refractivity contribution >= 4 is 40.8 Å². The number of anilines is 1. The first kappa shape index (κ1) is 15.3. The SMILES string of the molecule is Cc1cc(C(=O)Nc2c(Cl)ccc(Cl)c2C(=O)O)n(C)n1. The highest BCUT2D eigenvalue weighted by Gasteiger charge is 2.21. The molecule has 0 bridgehead atoms. The molecule has 0 aliphatic rings. The number of carboxylic acids is 1. The monoisotopic (exact) mass is 327 g/mol. The van der Waals surface area contributed by atoms with Crippen LogP contribution in [0.25, 0.3) is 0 Å². The minimum Gasteiger partial charge on any atom is -0.478 e. The Kier molecular flexibility index (Phi) is 4.20. The number of benzene rings is 1. The van der Waals surface area contributed by atoms with E-state index in [1.165, 1.54) is 16.8 Å². The Morgan fingerprint density at radius 1 is 1.29 bits per heavy atom. The Labute approximate surface area is 130 Å². The van der Waals surface area contributed by atoms with Crippen molar-refractivity contribution < 1.29 is 14.7 Å². The van der Waals surface area contributed by atoms with E-state index in [2.05, 4.69) is 10.4 Å². The van der Waals surface area contributed by atoms with Gasteiger partial charge in [-0.05, 0) is 25.1 Å². The van der Waals surface area contributed by atoms with Crippen LogP contribution in [0.15, 0.2) is 18.2 Å². The van der Waals surface area contributed by atoms with Crippen LogP contribution in [0.2, 0.25) is 10.0 Å². The first-order valence-electron chi connectivity index (χ1n) is 5.84. The van der Waals surface area contributed by atoms with Gasteiger partial charge in [-0.2, -0.15) is 5.10 Å². The van der Waals surface area contributed by atoms with Gasteiger partial charge >= 0.3 is 5.97 Å². The zero-order valence-corrected chi connectivity index (χ0v) is 12.7. The zero-order chi connectivity index (χ0) is 15.7. The molecule has 2 aromatic rings. The van der Waals surface area contributed by atoms with Gasteiger partial charge in [-0.1, -0.05) is 23.2 Å². The van der Waals surface area contributed by atoms with Crippen molar-refractivity contribution in [3.63, 3.8) is 0 Å². The molecular weight excluding hydrogens is 317 g/mol. The highest BCUT2D eigenvalue weighted by Crippen LogP contribution is 2.32. The van der Waals surface area contributed by atoms with E-state index in [0.717, 1.165) is 0 Å². The number of nitrogens with zero attached hydrogens (tertiary/aromatic N) is 2. The van der Waals surface area contributed by atoms with Crippen LogP contribution in [-0.2, 0) is 7.05 Å². The maximum absolute atomic E-state index is 12.2. The van der Waals surface area contributed by atoms with Crippen LogP contribution < -0.4 is 5.32 Å². The summed E-state index contributed by atoms with van der Waals surface area (Å²) in [4.78, 5) is 23.5. The van der Waals surface area contributed by atoms with Crippen molar-refractivity contribution in [3.8, 4) is 0 Å². The number of amides is 1. The van der Waals surface area contributed by atoms with Gasteiger partial charge in [-0.25, -0.2) is 4.79 Å². The highest BCUT2D eigenvalue weighted by molar-refractivity contribution is 6.38. The first-order valence-corrected chi connectivity index (χ1v) is 6.60. The summed E-state index contributed by atoms with van der Waals surface area (Å²) in [5.41, 5.74) is 0.648. The van der Waals surface area contributed by atoms with E-state index in [9.17, 15) is 14.7 Å². The number of aromatic carboxylic acids is 1. The predicted molar refractivity (Wildman–Crippen MR) is 79.3 cm³/mol. The van der Waals surface area contributed by atoms with E-state index in [1.54, 1.807) is 20.0 Å². The van der Waals surface area contributed by atoms with Crippen molar-refractivity contribution in [2.45, 2.75) is 6.92 Å². The average Bonchev–Trinajstić information content (AvgIpc) is 2.72. The van der Waals surface area contributed by atoms with Crippen molar-refractivity contribution in [2.24, 2.45) is 7.05 Å². The molecule has 1 amide bonds. The van der Waals surface area contributed by atoms with Crippen molar-refractivity contribution in [1.82, 2.24) is 9.78 Å². The number of hydrogen-bond acceptors (Lipinski definition) is 3. The number of rotatable bonds is 3. The molecule has 1 aromatic carbocycles. The minimum absolute atomic E-state index is 0.0108. The summed E-state index contributed by atoms with van der Waals surface area (Å²) in [6.07, 6.45) is 0. The Morgan fingerprint density at radius 2 is 1.90 bits per heavy atom. The number of carbonyl (C=O) groups excluding carboxylic acids is 1. The third kappa shape index (κ3) is 3.01. The summed E-state index contributed by atoms with van der Waals surface area (Å²) in [6.45, 7) is 1.74. The van der Waals surface area contributed by atoms with Crippen LogP contribution in [0.1, 0.15) is 26.5 Å². The number of halogens is 2. The van der Waals surface area contributed by atoms with Gasteiger partial charge in [0.15, 0.2) is 0 Å². The molecule has 0 aliphatic carbocycles. The van der Waals surface area contributed by atoms with Crippen molar-refractivity contribution in [1.29, 1.82) is 0 Å². The lowest BCUT2D eigenvalue weighted by Crippen LogP contribution is -2.18. The number of carboxylic acid groups (broad SMARTS) is 1. The van der Waals surface area contributed by atoms with Crippen LogP contribution in [-0.4, -0.2) is 26.8 Å². The lowest BCUT2D eigenvalue weighted by Gasteiger charge is -2.11. The second-order valence-corrected chi connectivity index (χ2v) is 5.15. The maximum Gasteiger partial charge on any atom is 0.339 e. The van der Waals surface area contributed by atoms with Crippen molar-refractivity contribution in [3.05, 3.63) is 45.2 Å². The van der Waals surface area contributed by atoms with Gasteiger partial charge in [0.1, 0.15) is 11.3 Å². The number of carbonyl (C=O) groups is 2. The summed E-state index contributed by atoms with van der Waals surface area (Å²) >= 11 is 11.8. The van der Waals surface area contributed by atoms with Gasteiger partial charge in [-0.3, -0.25) is 9.48 Å². The smallest absolute Gasteiger partial charge is 0.339 e. The molecule has 0 saturated carbocycles. The standard InChI is InChI=1S/C13H11Cl2N3O3/c1-6-5-9(18(2)17-6)12(19)16-11-8(15)4-3-7(14)10(11)13(20)21/h3-5H,1-2H3,(H,16,19)(H,20,21). The normalized spacial score (nSPS) is 10.5. The molecule has 8 heteroatoms. The molecule has 0 unspecified atom stereocenters. The molecule has 0 radical (unpaired) electrons. The molecule has 2 N–H and O–H groups in total. The summed E-state index contributed by atoms with van der Waals surface area (Å²) in [7, 11) is 1.61. The zero-order valence-electron chi connectivity index (χ0n) is 11.1. The molecule has 0 spiro atoms. The van der Waals surface area contributed by atoms with Crippen LogP contribution in [0.4, 0.5) is 5.69 Å². The van der Waals surface area contributed by atoms with E-state index in [-0.39, 0.29) is 27.0 Å². The lowest BCUT2D eigenvalue weighted by atomic mass is 10.1. The number of hydrogen-bond donors (Lipinski definition) is 2. The molecule has 21 heavy (non-hydrogen) atoms. The van der Waals surface area contributed by atoms with Crippen LogP contribution >= 0.6 is 23.2 Å². The fourth-order valence-electron chi connectivity index (χ4n) is 1.88. The van der Waals surface area contributed by atoms with E-state index < -0.39 is 11.9 Å². The minimum atomic E-state index is -1.28. The van der Waals surface area contributed by atoms with Crippen LogP contribution in [0, 0.1) is 6.92 Å². The summed E-state index contributed by atoms with van der Waals surface area (Å²) < 4.78 is 1.39. The van der Waals surface area contributed by atoms with Gasteiger partial charge in [0.05, 0.1) is 21.4 Å². The topological polar surface area (TPSA) is 84.2 Å². The molecule has 0 aliphatic heterocycles. The van der Waals surface area contributed by atoms with E-state index in [0.29, 0.717) is 5.69 Å². The van der Waals surface area contributed by atoms with E-state index >= 15 is 0 Å². The average molecular weight is 328 g/mol. The van der Waals surface area contributed by atoms with Gasteiger partial charge < -0.3 is 10.4 Å². The lowest BCUT2D eigenvalue weighted by molar-refractivity contribution is 0.0698. The summed E-state index contributed by atoms with van der Waals surface area (Å²) in [5, 5.41) is 15.8. The third-order valence-electron chi connectivity index (χ3n) is 2.79. The third-order valence-corrected chi connectivity index (χ3v) is 3.42. The predicted octanol–water partition coefficient (Wildman–Crippen LogP) is 2.99. The highest BCUT2D eigenvalue weighted by atomic mass is 35.5. The van der Waals surface area contributed by atoms with Gasteiger partial charge in [0, 0.05) is 7.05 Å². The molecule has 0 saturated heterocycles. The molecule has 110 valence electrons. The largest absolute Gasteiger partial charge is 0.478 e. The number of nitrogens with one attached hydrogen (secondary N) is 1. The fourth-order valence-corrected chi connectivity index (χ4v) is 2.33. The molecular formula is C13H11Cl2N3O3. The Hall–Kier alpha value is -2.05. The second kappa shape index (κ2) is 5.75. The Bertz CT molecular complexity index is 741. The quantitative estimate of drug-likeness (QED) is 0.907. The van der Waals surface area contributed by atoms with Gasteiger partial charge in [-0.15, -0.1) is 0 Å². The number of aryl methyl sites for hydroxylation is 2. The van der Waals surface area contributed by atoms with Gasteiger partial charge in [0.25, 0.3) is 5.91 Å². The summed E-state index contributed by atoms with van der Waals surface area (Å²) in [5.74, 6) is -1.80. The van der Waals surface area contributed by atoms with E-state index in [4.69, 9.17) is 23.2 Å². The fraction of sp³-hybridized carbons (Fsp3) is 0.154. The number of aromatic nitrogens is 2. The van der Waals surface area contributed by atoms with Crippen LogP contribution in [0.3, 0.4) is 0 Å². The molecule has 0 atom stereocenters. The first-order chi connectivity index (χ1) is 9.81. The molecule has 1 aromatic heterocycles. The van der Waals surface area contributed by atoms with Crippen molar-refractivity contribution in [2.75, 3.05) is 5.32 Å². The van der Waals surface area contributed by atoms with E-state index in [1.807, 2.05) is 0 Å². The molecule has 2 rings (SSSR count). The molecule has 0 fully saturated rings. The van der Waals surface area contributed by atoms with Gasteiger partial charge in [0.2, 0.25) is 0 Å². The molecule has 1 heterocycles. The summed E-state index contributed by atoms with van der Waals surface area (Å²) in [6, 6.07) is 4.35.